The van der Waals surface area contributed by atoms with E-state index in [1.54, 1.807) is 5.57 Å². The smallest absolute Gasteiger partial charge is 0.309 e. The third-order valence-electron chi connectivity index (χ3n) is 5.69. The molecule has 2 nitrogen and oxygen atoms in total. The lowest BCUT2D eigenvalue weighted by atomic mass is 9.61. The molecular weight excluding hydrogens is 339 g/mol. The molecule has 1 spiro atoms. The van der Waals surface area contributed by atoms with Crippen LogP contribution in [0.2, 0.25) is 0 Å². The largest absolute Gasteiger partial charge is 0.458 e. The number of hydrogen-bond donors (Lipinski definition) is 0. The molecule has 3 fully saturated rings. The summed E-state index contributed by atoms with van der Waals surface area (Å²) in [6.07, 6.45) is 9.39. The molecule has 1 unspecified atom stereocenters. The summed E-state index contributed by atoms with van der Waals surface area (Å²) in [5, 5.41) is 0. The van der Waals surface area contributed by atoms with Crippen molar-refractivity contribution in [3.05, 3.63) is 11.6 Å². The van der Waals surface area contributed by atoms with E-state index in [9.17, 15) is 4.79 Å². The van der Waals surface area contributed by atoms with Crippen LogP contribution in [0.4, 0.5) is 0 Å². The van der Waals surface area contributed by atoms with Gasteiger partial charge in [0.15, 0.2) is 0 Å². The molecule has 1 heterocycles. The Kier molecular flexibility index (Phi) is 2.30. The maximum Gasteiger partial charge on any atom is 0.309 e. The van der Waals surface area contributed by atoms with Crippen LogP contribution in [0.3, 0.4) is 0 Å². The molecule has 2 bridgehead atoms. The molecule has 0 aromatic rings. The first-order valence-corrected chi connectivity index (χ1v) is 8.39. The fourth-order valence-corrected chi connectivity index (χ4v) is 6.21. The number of carbonyl (C=O) groups is 1. The highest BCUT2D eigenvalue weighted by atomic mass is 127. The molecule has 3 heteroatoms. The van der Waals surface area contributed by atoms with Crippen molar-refractivity contribution in [2.45, 2.75) is 55.0 Å². The fraction of sp³-hybridized carbons (Fsp3) is 0.800. The van der Waals surface area contributed by atoms with Crippen molar-refractivity contribution in [2.24, 2.45) is 17.3 Å². The van der Waals surface area contributed by atoms with E-state index in [0.29, 0.717) is 15.3 Å². The van der Waals surface area contributed by atoms with Gasteiger partial charge < -0.3 is 4.74 Å². The maximum absolute atomic E-state index is 12.2. The molecule has 4 atom stereocenters. The SMILES string of the molecule is C[C@@]12CC=C3[C@H](I)CCC[C@@H](C(=O)O1)C2C31CC1. The minimum absolute atomic E-state index is 0.0929. The van der Waals surface area contributed by atoms with Crippen LogP contribution in [0.15, 0.2) is 11.6 Å². The monoisotopic (exact) mass is 358 g/mol. The number of alkyl halides is 1. The Balaban J connectivity index is 1.87. The quantitative estimate of drug-likeness (QED) is 0.286. The highest BCUT2D eigenvalue weighted by Crippen LogP contribution is 2.70. The lowest BCUT2D eigenvalue weighted by molar-refractivity contribution is -0.150. The molecule has 0 amide bonds. The molecular formula is C15H19IO2. The predicted octanol–water partition coefficient (Wildman–Crippen LogP) is 3.63. The van der Waals surface area contributed by atoms with Gasteiger partial charge in [0.1, 0.15) is 5.60 Å². The number of esters is 1. The van der Waals surface area contributed by atoms with Gasteiger partial charge in [-0.15, -0.1) is 0 Å². The Bertz CT molecular complexity index is 451. The summed E-state index contributed by atoms with van der Waals surface area (Å²) in [4.78, 5) is 12.2. The first-order chi connectivity index (χ1) is 8.57. The number of carbonyl (C=O) groups excluding carboxylic acids is 1. The minimum atomic E-state index is -0.199. The average molecular weight is 358 g/mol. The molecule has 0 N–H and O–H groups in total. The van der Waals surface area contributed by atoms with Crippen LogP contribution in [0.25, 0.3) is 0 Å². The molecule has 98 valence electrons. The van der Waals surface area contributed by atoms with Crippen molar-refractivity contribution < 1.29 is 9.53 Å². The Hall–Kier alpha value is -0.0600. The minimum Gasteiger partial charge on any atom is -0.458 e. The lowest BCUT2D eigenvalue weighted by Gasteiger charge is -2.44. The number of rotatable bonds is 0. The molecule has 1 saturated heterocycles. The zero-order valence-corrected chi connectivity index (χ0v) is 12.9. The third-order valence-corrected chi connectivity index (χ3v) is 6.99. The van der Waals surface area contributed by atoms with Crippen molar-refractivity contribution in [3.63, 3.8) is 0 Å². The van der Waals surface area contributed by atoms with Crippen LogP contribution in [0.1, 0.15) is 45.4 Å². The first-order valence-electron chi connectivity index (χ1n) is 7.14. The number of halogens is 1. The summed E-state index contributed by atoms with van der Waals surface area (Å²) < 4.78 is 6.51. The van der Waals surface area contributed by atoms with Gasteiger partial charge in [0.25, 0.3) is 0 Å². The summed E-state index contributed by atoms with van der Waals surface area (Å²) in [6, 6.07) is 0. The van der Waals surface area contributed by atoms with Crippen molar-refractivity contribution in [3.8, 4) is 0 Å². The fourth-order valence-electron chi connectivity index (χ4n) is 4.90. The highest BCUT2D eigenvalue weighted by molar-refractivity contribution is 14.1. The molecule has 3 aliphatic carbocycles. The van der Waals surface area contributed by atoms with Crippen LogP contribution in [0, 0.1) is 17.3 Å². The van der Waals surface area contributed by atoms with Gasteiger partial charge in [-0.3, -0.25) is 4.79 Å². The van der Waals surface area contributed by atoms with Gasteiger partial charge in [-0.25, -0.2) is 0 Å². The van der Waals surface area contributed by atoms with Gasteiger partial charge in [-0.05, 0) is 38.0 Å². The number of allylic oxidation sites excluding steroid dienone is 1. The van der Waals surface area contributed by atoms with Crippen LogP contribution < -0.4 is 0 Å². The Morgan fingerprint density at radius 2 is 2.17 bits per heavy atom. The topological polar surface area (TPSA) is 26.3 Å². The van der Waals surface area contributed by atoms with E-state index in [2.05, 4.69) is 35.6 Å². The van der Waals surface area contributed by atoms with E-state index in [1.807, 2.05) is 0 Å². The zero-order chi connectivity index (χ0) is 12.5. The number of ether oxygens (including phenoxy) is 1. The lowest BCUT2D eigenvalue weighted by Crippen LogP contribution is -2.45. The maximum atomic E-state index is 12.2. The second kappa shape index (κ2) is 3.53. The summed E-state index contributed by atoms with van der Waals surface area (Å²) in [5.74, 6) is 0.746. The van der Waals surface area contributed by atoms with Gasteiger partial charge in [0.05, 0.1) is 5.92 Å². The van der Waals surface area contributed by atoms with E-state index in [1.165, 1.54) is 25.7 Å². The summed E-state index contributed by atoms with van der Waals surface area (Å²) in [6.45, 7) is 2.17. The second-order valence-electron chi connectivity index (χ2n) is 6.74. The molecule has 0 radical (unpaired) electrons. The van der Waals surface area contributed by atoms with Crippen molar-refractivity contribution >= 4 is 28.6 Å². The van der Waals surface area contributed by atoms with E-state index in [4.69, 9.17) is 4.74 Å². The van der Waals surface area contributed by atoms with Crippen LogP contribution in [-0.4, -0.2) is 15.5 Å². The third kappa shape index (κ3) is 1.32. The Morgan fingerprint density at radius 3 is 2.89 bits per heavy atom. The molecule has 4 aliphatic rings. The van der Waals surface area contributed by atoms with Crippen molar-refractivity contribution in [1.29, 1.82) is 0 Å². The standard InChI is InChI=1S/C15H19IO2/c1-14-6-5-10-11(16)4-2-3-9(13(17)18-14)12(14)15(10)7-8-15/h5,9,11-12H,2-4,6-8H2,1H3/t9-,11-,12?,14+/m1/s1. The van der Waals surface area contributed by atoms with Crippen LogP contribution in [0.5, 0.6) is 0 Å². The first kappa shape index (κ1) is 11.7. The van der Waals surface area contributed by atoms with Crippen molar-refractivity contribution in [2.75, 3.05) is 0 Å². The van der Waals surface area contributed by atoms with E-state index < -0.39 is 0 Å². The normalized spacial score (nSPS) is 48.2. The molecule has 1 aliphatic heterocycles. The number of hydrogen-bond acceptors (Lipinski definition) is 2. The van der Waals surface area contributed by atoms with Gasteiger partial charge in [-0.1, -0.05) is 40.7 Å². The van der Waals surface area contributed by atoms with E-state index in [0.717, 1.165) is 12.8 Å². The summed E-state index contributed by atoms with van der Waals surface area (Å²) in [7, 11) is 0. The summed E-state index contributed by atoms with van der Waals surface area (Å²) >= 11 is 2.62. The average Bonchev–Trinajstić information content (AvgIpc) is 3.01. The summed E-state index contributed by atoms with van der Waals surface area (Å²) in [5.41, 5.74) is 1.81. The predicted molar refractivity (Wildman–Crippen MR) is 77.5 cm³/mol. The molecule has 18 heavy (non-hydrogen) atoms. The van der Waals surface area contributed by atoms with Gasteiger partial charge in [-0.2, -0.15) is 0 Å². The van der Waals surface area contributed by atoms with Crippen molar-refractivity contribution in [1.82, 2.24) is 0 Å². The van der Waals surface area contributed by atoms with Crippen LogP contribution >= 0.6 is 22.6 Å². The van der Waals surface area contributed by atoms with E-state index in [-0.39, 0.29) is 17.5 Å². The molecule has 0 aromatic carbocycles. The molecule has 0 aromatic heterocycles. The Labute approximate surface area is 122 Å². The molecule has 2 saturated carbocycles. The van der Waals surface area contributed by atoms with E-state index >= 15 is 0 Å². The highest BCUT2D eigenvalue weighted by Gasteiger charge is 2.68. The van der Waals surface area contributed by atoms with Gasteiger partial charge in [0, 0.05) is 16.3 Å². The van der Waals surface area contributed by atoms with Gasteiger partial charge in [0.2, 0.25) is 0 Å². The van der Waals surface area contributed by atoms with Crippen LogP contribution in [-0.2, 0) is 9.53 Å². The molecule has 4 rings (SSSR count). The Morgan fingerprint density at radius 1 is 1.39 bits per heavy atom. The second-order valence-corrected chi connectivity index (χ2v) is 8.24. The zero-order valence-electron chi connectivity index (χ0n) is 10.7. The van der Waals surface area contributed by atoms with Gasteiger partial charge >= 0.3 is 5.97 Å².